The Kier molecular flexibility index (Phi) is 5.81. The minimum Gasteiger partial charge on any atom is -0.368 e. The van der Waals surface area contributed by atoms with Crippen LogP contribution in [0.5, 0.6) is 0 Å². The van der Waals surface area contributed by atoms with E-state index in [9.17, 15) is 0 Å². The van der Waals surface area contributed by atoms with Crippen LogP contribution >= 0.6 is 11.6 Å². The monoisotopic (exact) mass is 367 g/mol. The fourth-order valence-corrected chi connectivity index (χ4v) is 2.89. The van der Waals surface area contributed by atoms with E-state index in [0.29, 0.717) is 5.82 Å². The van der Waals surface area contributed by atoms with Crippen LogP contribution in [-0.2, 0) is 0 Å². The summed E-state index contributed by atoms with van der Waals surface area (Å²) in [5.41, 5.74) is 3.01. The van der Waals surface area contributed by atoms with E-state index in [0.717, 1.165) is 28.6 Å². The summed E-state index contributed by atoms with van der Waals surface area (Å²) in [4.78, 5) is 15.5. The van der Waals surface area contributed by atoms with Crippen molar-refractivity contribution < 1.29 is 0 Å². The molecular formula is C20H22ClN5. The standard InChI is InChI=1S/C20H22ClN5/c1-14-11-19(25-20(24-14)16-5-4-10-22-12-16)23-13-18(26(2)3)15-6-8-17(21)9-7-15/h4-12,18H,13H2,1-3H3,(H,23,24,25). The van der Waals surface area contributed by atoms with Crippen LogP contribution in [0.1, 0.15) is 17.3 Å². The fourth-order valence-electron chi connectivity index (χ4n) is 2.77. The molecule has 1 aromatic carbocycles. The van der Waals surface area contributed by atoms with Crippen LogP contribution in [0.25, 0.3) is 11.4 Å². The van der Waals surface area contributed by atoms with E-state index in [4.69, 9.17) is 11.6 Å². The molecule has 3 aromatic rings. The Bertz CT molecular complexity index is 850. The van der Waals surface area contributed by atoms with Gasteiger partial charge in [-0.2, -0.15) is 0 Å². The lowest BCUT2D eigenvalue weighted by Crippen LogP contribution is -2.27. The number of aryl methyl sites for hydroxylation is 1. The van der Waals surface area contributed by atoms with E-state index in [1.807, 2.05) is 37.3 Å². The van der Waals surface area contributed by atoms with Gasteiger partial charge in [-0.25, -0.2) is 9.97 Å². The lowest BCUT2D eigenvalue weighted by Gasteiger charge is -2.25. The highest BCUT2D eigenvalue weighted by Crippen LogP contribution is 2.22. The minimum atomic E-state index is 0.199. The Labute approximate surface area is 159 Å². The zero-order valence-corrected chi connectivity index (χ0v) is 15.9. The van der Waals surface area contributed by atoms with Gasteiger partial charge in [0.1, 0.15) is 5.82 Å². The molecule has 1 N–H and O–H groups in total. The van der Waals surface area contributed by atoms with E-state index >= 15 is 0 Å². The normalized spacial score (nSPS) is 12.2. The van der Waals surface area contributed by atoms with Crippen molar-refractivity contribution in [2.45, 2.75) is 13.0 Å². The SMILES string of the molecule is Cc1cc(NCC(c2ccc(Cl)cc2)N(C)C)nc(-c2cccnc2)n1. The van der Waals surface area contributed by atoms with Gasteiger partial charge in [-0.3, -0.25) is 4.98 Å². The minimum absolute atomic E-state index is 0.199. The van der Waals surface area contributed by atoms with Crippen LogP contribution in [-0.4, -0.2) is 40.5 Å². The molecule has 0 aliphatic rings. The second-order valence-electron chi connectivity index (χ2n) is 6.37. The maximum absolute atomic E-state index is 6.01. The summed E-state index contributed by atoms with van der Waals surface area (Å²) in [7, 11) is 4.13. The predicted octanol–water partition coefficient (Wildman–Crippen LogP) is 4.22. The van der Waals surface area contributed by atoms with Gasteiger partial charge in [-0.1, -0.05) is 23.7 Å². The molecule has 2 aromatic heterocycles. The van der Waals surface area contributed by atoms with Crippen molar-refractivity contribution in [3.8, 4) is 11.4 Å². The van der Waals surface area contributed by atoms with Gasteiger partial charge in [0.2, 0.25) is 0 Å². The molecule has 0 bridgehead atoms. The second-order valence-corrected chi connectivity index (χ2v) is 6.81. The third-order valence-corrected chi connectivity index (χ3v) is 4.38. The molecule has 1 unspecified atom stereocenters. The second kappa shape index (κ2) is 8.25. The number of halogens is 1. The highest BCUT2D eigenvalue weighted by atomic mass is 35.5. The summed E-state index contributed by atoms with van der Waals surface area (Å²) in [6.07, 6.45) is 3.52. The number of hydrogen-bond donors (Lipinski definition) is 1. The van der Waals surface area contributed by atoms with E-state index in [2.05, 4.69) is 51.4 Å². The molecule has 0 aliphatic heterocycles. The van der Waals surface area contributed by atoms with E-state index < -0.39 is 0 Å². The Morgan fingerprint density at radius 3 is 2.54 bits per heavy atom. The molecule has 0 radical (unpaired) electrons. The maximum Gasteiger partial charge on any atom is 0.163 e. The zero-order chi connectivity index (χ0) is 18.5. The van der Waals surface area contributed by atoms with Crippen molar-refractivity contribution in [2.75, 3.05) is 26.0 Å². The Morgan fingerprint density at radius 1 is 1.12 bits per heavy atom. The van der Waals surface area contributed by atoms with Gasteiger partial charge in [-0.15, -0.1) is 0 Å². The molecular weight excluding hydrogens is 346 g/mol. The third kappa shape index (κ3) is 4.56. The summed E-state index contributed by atoms with van der Waals surface area (Å²) in [5.74, 6) is 1.48. The van der Waals surface area contributed by atoms with Gasteiger partial charge >= 0.3 is 0 Å². The van der Waals surface area contributed by atoms with Crippen molar-refractivity contribution in [1.82, 2.24) is 19.9 Å². The van der Waals surface area contributed by atoms with Crippen molar-refractivity contribution in [3.63, 3.8) is 0 Å². The van der Waals surface area contributed by atoms with Crippen LogP contribution < -0.4 is 5.32 Å². The topological polar surface area (TPSA) is 53.9 Å². The number of nitrogens with zero attached hydrogens (tertiary/aromatic N) is 4. The third-order valence-electron chi connectivity index (χ3n) is 4.13. The number of benzene rings is 1. The molecule has 5 nitrogen and oxygen atoms in total. The van der Waals surface area contributed by atoms with E-state index in [1.165, 1.54) is 5.56 Å². The van der Waals surface area contributed by atoms with Crippen molar-refractivity contribution in [3.05, 3.63) is 71.1 Å². The number of pyridine rings is 1. The smallest absolute Gasteiger partial charge is 0.163 e. The highest BCUT2D eigenvalue weighted by Gasteiger charge is 2.14. The van der Waals surface area contributed by atoms with Gasteiger partial charge in [0.05, 0.1) is 6.04 Å². The first kappa shape index (κ1) is 18.3. The molecule has 6 heteroatoms. The van der Waals surface area contributed by atoms with Crippen LogP contribution in [0.4, 0.5) is 5.82 Å². The summed E-state index contributed by atoms with van der Waals surface area (Å²) in [6, 6.07) is 13.9. The first-order valence-electron chi connectivity index (χ1n) is 8.45. The largest absolute Gasteiger partial charge is 0.368 e. The van der Waals surface area contributed by atoms with Gasteiger partial charge in [0, 0.05) is 41.3 Å². The number of hydrogen-bond acceptors (Lipinski definition) is 5. The molecule has 0 saturated carbocycles. The average Bonchev–Trinajstić information content (AvgIpc) is 2.63. The molecule has 3 rings (SSSR count). The van der Waals surface area contributed by atoms with Crippen molar-refractivity contribution in [2.24, 2.45) is 0 Å². The number of rotatable bonds is 6. The van der Waals surface area contributed by atoms with Crippen LogP contribution in [0.15, 0.2) is 54.9 Å². The fraction of sp³-hybridized carbons (Fsp3) is 0.250. The molecule has 0 amide bonds. The van der Waals surface area contributed by atoms with E-state index in [1.54, 1.807) is 12.4 Å². The highest BCUT2D eigenvalue weighted by molar-refractivity contribution is 6.30. The molecule has 1 atom stereocenters. The molecule has 134 valence electrons. The Morgan fingerprint density at radius 2 is 1.88 bits per heavy atom. The number of anilines is 1. The quantitative estimate of drug-likeness (QED) is 0.707. The molecule has 26 heavy (non-hydrogen) atoms. The van der Waals surface area contributed by atoms with Crippen LogP contribution in [0, 0.1) is 6.92 Å². The summed E-state index contributed by atoms with van der Waals surface area (Å²) >= 11 is 6.01. The lowest BCUT2D eigenvalue weighted by atomic mass is 10.1. The first-order valence-corrected chi connectivity index (χ1v) is 8.82. The van der Waals surface area contributed by atoms with E-state index in [-0.39, 0.29) is 6.04 Å². The Hall–Kier alpha value is -2.50. The molecule has 0 saturated heterocycles. The summed E-state index contributed by atoms with van der Waals surface area (Å²) in [6.45, 7) is 2.69. The first-order chi connectivity index (χ1) is 12.5. The van der Waals surface area contributed by atoms with Crippen molar-refractivity contribution in [1.29, 1.82) is 0 Å². The average molecular weight is 368 g/mol. The summed E-state index contributed by atoms with van der Waals surface area (Å²) in [5, 5.41) is 4.19. The molecule has 2 heterocycles. The predicted molar refractivity (Wildman–Crippen MR) is 106 cm³/mol. The van der Waals surface area contributed by atoms with Gasteiger partial charge in [0.25, 0.3) is 0 Å². The van der Waals surface area contributed by atoms with Gasteiger partial charge in [-0.05, 0) is 50.8 Å². The number of aromatic nitrogens is 3. The number of nitrogens with one attached hydrogen (secondary N) is 1. The van der Waals surface area contributed by atoms with Gasteiger partial charge in [0.15, 0.2) is 5.82 Å². The van der Waals surface area contributed by atoms with Crippen molar-refractivity contribution >= 4 is 17.4 Å². The maximum atomic E-state index is 6.01. The Balaban J connectivity index is 1.79. The summed E-state index contributed by atoms with van der Waals surface area (Å²) < 4.78 is 0. The molecule has 0 spiro atoms. The lowest BCUT2D eigenvalue weighted by molar-refractivity contribution is 0.311. The number of likely N-dealkylation sites (N-methyl/N-ethyl adjacent to an activating group) is 1. The van der Waals surface area contributed by atoms with Crippen LogP contribution in [0.3, 0.4) is 0 Å². The van der Waals surface area contributed by atoms with Gasteiger partial charge < -0.3 is 10.2 Å². The molecule has 0 fully saturated rings. The molecule has 0 aliphatic carbocycles. The van der Waals surface area contributed by atoms with Crippen LogP contribution in [0.2, 0.25) is 5.02 Å². The zero-order valence-electron chi connectivity index (χ0n) is 15.1.